The van der Waals surface area contributed by atoms with Crippen LogP contribution in [0.5, 0.6) is 0 Å². The Labute approximate surface area is 119 Å². The Morgan fingerprint density at radius 1 is 0.950 bits per heavy atom. The molecule has 0 bridgehead atoms. The number of rotatable bonds is 3. The summed E-state index contributed by atoms with van der Waals surface area (Å²) in [5, 5.41) is 14.7. The van der Waals surface area contributed by atoms with Gasteiger partial charge in [-0.05, 0) is 12.8 Å². The number of carbonyl (C=O) groups is 2. The van der Waals surface area contributed by atoms with Crippen molar-refractivity contribution in [2.24, 2.45) is 5.92 Å². The SMILES string of the molecule is O=C(NC1CCCCCCC1)NC1COCC1C(=O)O. The van der Waals surface area contributed by atoms with Crippen LogP contribution < -0.4 is 10.6 Å². The van der Waals surface area contributed by atoms with Crippen LogP contribution in [0.2, 0.25) is 0 Å². The molecule has 1 aliphatic carbocycles. The van der Waals surface area contributed by atoms with E-state index in [1.54, 1.807) is 0 Å². The lowest BCUT2D eigenvalue weighted by molar-refractivity contribution is -0.142. The van der Waals surface area contributed by atoms with Crippen LogP contribution in [0, 0.1) is 5.92 Å². The van der Waals surface area contributed by atoms with Crippen LogP contribution >= 0.6 is 0 Å². The van der Waals surface area contributed by atoms with E-state index >= 15 is 0 Å². The van der Waals surface area contributed by atoms with Crippen molar-refractivity contribution in [3.05, 3.63) is 0 Å². The maximum atomic E-state index is 12.0. The highest BCUT2D eigenvalue weighted by Crippen LogP contribution is 2.17. The number of nitrogens with one attached hydrogen (secondary N) is 2. The number of hydrogen-bond acceptors (Lipinski definition) is 3. The maximum Gasteiger partial charge on any atom is 0.315 e. The fourth-order valence-corrected chi connectivity index (χ4v) is 2.94. The van der Waals surface area contributed by atoms with Crippen molar-refractivity contribution in [3.63, 3.8) is 0 Å². The second-order valence-electron chi connectivity index (χ2n) is 5.75. The topological polar surface area (TPSA) is 87.7 Å². The van der Waals surface area contributed by atoms with E-state index in [1.807, 2.05) is 0 Å². The third-order valence-corrected chi connectivity index (χ3v) is 4.15. The van der Waals surface area contributed by atoms with E-state index in [4.69, 9.17) is 9.84 Å². The summed E-state index contributed by atoms with van der Waals surface area (Å²) in [6, 6.07) is -0.487. The molecule has 2 unspecified atom stereocenters. The molecule has 0 radical (unpaired) electrons. The lowest BCUT2D eigenvalue weighted by Gasteiger charge is -2.23. The van der Waals surface area contributed by atoms with Gasteiger partial charge in [-0.1, -0.05) is 32.1 Å². The standard InChI is InChI=1S/C14H24N2O4/c17-13(18)11-8-20-9-12(11)16-14(19)15-10-6-4-2-1-3-5-7-10/h10-12H,1-9H2,(H,17,18)(H2,15,16,19). The van der Waals surface area contributed by atoms with E-state index in [0.29, 0.717) is 0 Å². The van der Waals surface area contributed by atoms with Gasteiger partial charge in [0.2, 0.25) is 0 Å². The lowest BCUT2D eigenvalue weighted by atomic mass is 9.97. The summed E-state index contributed by atoms with van der Waals surface area (Å²) in [7, 11) is 0. The summed E-state index contributed by atoms with van der Waals surface area (Å²) in [5.41, 5.74) is 0. The van der Waals surface area contributed by atoms with Gasteiger partial charge in [-0.2, -0.15) is 0 Å². The zero-order valence-corrected chi connectivity index (χ0v) is 11.8. The van der Waals surface area contributed by atoms with Gasteiger partial charge in [0, 0.05) is 6.04 Å². The van der Waals surface area contributed by atoms with Gasteiger partial charge in [-0.25, -0.2) is 4.79 Å². The Kier molecular flexibility index (Phi) is 5.64. The van der Waals surface area contributed by atoms with Crippen LogP contribution in [0.3, 0.4) is 0 Å². The van der Waals surface area contributed by atoms with Crippen LogP contribution in [0.25, 0.3) is 0 Å². The smallest absolute Gasteiger partial charge is 0.315 e. The summed E-state index contributed by atoms with van der Waals surface area (Å²) in [5.74, 6) is -1.56. The minimum atomic E-state index is -0.918. The largest absolute Gasteiger partial charge is 0.481 e. The van der Waals surface area contributed by atoms with Crippen molar-refractivity contribution in [2.75, 3.05) is 13.2 Å². The normalized spacial score (nSPS) is 28.4. The number of amides is 2. The summed E-state index contributed by atoms with van der Waals surface area (Å²) >= 11 is 0. The van der Waals surface area contributed by atoms with Crippen molar-refractivity contribution < 1.29 is 19.4 Å². The number of urea groups is 1. The molecule has 0 aromatic heterocycles. The van der Waals surface area contributed by atoms with Gasteiger partial charge in [0.25, 0.3) is 0 Å². The summed E-state index contributed by atoms with van der Waals surface area (Å²) in [4.78, 5) is 23.0. The minimum absolute atomic E-state index is 0.170. The minimum Gasteiger partial charge on any atom is -0.481 e. The monoisotopic (exact) mass is 284 g/mol. The average molecular weight is 284 g/mol. The first-order chi connectivity index (χ1) is 9.66. The van der Waals surface area contributed by atoms with Crippen LogP contribution in [0.1, 0.15) is 44.9 Å². The molecule has 114 valence electrons. The van der Waals surface area contributed by atoms with Gasteiger partial charge in [-0.3, -0.25) is 4.79 Å². The first-order valence-electron chi connectivity index (χ1n) is 7.54. The Morgan fingerprint density at radius 2 is 1.60 bits per heavy atom. The number of carboxylic acid groups (broad SMARTS) is 1. The quantitative estimate of drug-likeness (QED) is 0.733. The van der Waals surface area contributed by atoms with Crippen molar-refractivity contribution in [2.45, 2.75) is 57.0 Å². The van der Waals surface area contributed by atoms with Crippen molar-refractivity contribution >= 4 is 12.0 Å². The Hall–Kier alpha value is -1.30. The molecule has 1 saturated heterocycles. The van der Waals surface area contributed by atoms with E-state index in [0.717, 1.165) is 25.7 Å². The first kappa shape index (κ1) is 15.1. The molecule has 2 fully saturated rings. The van der Waals surface area contributed by atoms with Gasteiger partial charge in [0.1, 0.15) is 5.92 Å². The Balaban J connectivity index is 1.77. The molecular weight excluding hydrogens is 260 g/mol. The molecule has 2 atom stereocenters. The van der Waals surface area contributed by atoms with Gasteiger partial charge in [0.15, 0.2) is 0 Å². The molecule has 1 heterocycles. The number of aliphatic carboxylic acids is 1. The zero-order chi connectivity index (χ0) is 14.4. The highest BCUT2D eigenvalue weighted by molar-refractivity contribution is 5.77. The van der Waals surface area contributed by atoms with Crippen LogP contribution in [0.15, 0.2) is 0 Å². The van der Waals surface area contributed by atoms with Crippen molar-refractivity contribution in [1.29, 1.82) is 0 Å². The molecule has 0 spiro atoms. The molecule has 3 N–H and O–H groups in total. The maximum absolute atomic E-state index is 12.0. The molecule has 1 aliphatic heterocycles. The predicted octanol–water partition coefficient (Wildman–Crippen LogP) is 1.50. The van der Waals surface area contributed by atoms with Crippen LogP contribution in [-0.4, -0.2) is 42.4 Å². The van der Waals surface area contributed by atoms with E-state index < -0.39 is 17.9 Å². The molecule has 2 aliphatic rings. The number of ether oxygens (including phenoxy) is 1. The molecule has 0 aromatic rings. The van der Waals surface area contributed by atoms with Gasteiger partial charge < -0.3 is 20.5 Å². The molecule has 2 rings (SSSR count). The second kappa shape index (κ2) is 7.47. The summed E-state index contributed by atoms with van der Waals surface area (Å²) in [6.45, 7) is 0.443. The van der Waals surface area contributed by atoms with Gasteiger partial charge >= 0.3 is 12.0 Å². The Bertz CT molecular complexity index is 340. The van der Waals surface area contributed by atoms with Crippen LogP contribution in [0.4, 0.5) is 4.79 Å². The van der Waals surface area contributed by atoms with Crippen molar-refractivity contribution in [3.8, 4) is 0 Å². The number of hydrogen-bond donors (Lipinski definition) is 3. The fourth-order valence-electron chi connectivity index (χ4n) is 2.94. The average Bonchev–Trinajstić information content (AvgIpc) is 2.80. The van der Waals surface area contributed by atoms with Gasteiger partial charge in [0.05, 0.1) is 19.3 Å². The number of carbonyl (C=O) groups excluding carboxylic acids is 1. The highest BCUT2D eigenvalue weighted by atomic mass is 16.5. The molecular formula is C14H24N2O4. The first-order valence-corrected chi connectivity index (χ1v) is 7.54. The van der Waals surface area contributed by atoms with E-state index in [2.05, 4.69) is 10.6 Å². The van der Waals surface area contributed by atoms with Gasteiger partial charge in [-0.15, -0.1) is 0 Å². The Morgan fingerprint density at radius 3 is 2.25 bits per heavy atom. The van der Waals surface area contributed by atoms with E-state index in [-0.39, 0.29) is 25.3 Å². The van der Waals surface area contributed by atoms with Crippen LogP contribution in [-0.2, 0) is 9.53 Å². The fraction of sp³-hybridized carbons (Fsp3) is 0.857. The molecule has 0 aromatic carbocycles. The molecule has 20 heavy (non-hydrogen) atoms. The molecule has 6 nitrogen and oxygen atoms in total. The summed E-state index contributed by atoms with van der Waals surface area (Å²) in [6.07, 6.45) is 8.08. The zero-order valence-electron chi connectivity index (χ0n) is 11.8. The number of carboxylic acids is 1. The molecule has 6 heteroatoms. The summed E-state index contributed by atoms with van der Waals surface area (Å²) < 4.78 is 5.14. The lowest BCUT2D eigenvalue weighted by Crippen LogP contribution is -2.49. The third-order valence-electron chi connectivity index (χ3n) is 4.15. The van der Waals surface area contributed by atoms with E-state index in [9.17, 15) is 9.59 Å². The highest BCUT2D eigenvalue weighted by Gasteiger charge is 2.35. The predicted molar refractivity (Wildman–Crippen MR) is 73.5 cm³/mol. The third kappa shape index (κ3) is 4.37. The molecule has 1 saturated carbocycles. The van der Waals surface area contributed by atoms with Crippen molar-refractivity contribution in [1.82, 2.24) is 10.6 Å². The molecule has 2 amide bonds. The van der Waals surface area contributed by atoms with E-state index in [1.165, 1.54) is 19.3 Å². The second-order valence-corrected chi connectivity index (χ2v) is 5.75.